The molecule has 140 valence electrons. The van der Waals surface area contributed by atoms with Crippen LogP contribution in [0.25, 0.3) is 0 Å². The van der Waals surface area contributed by atoms with Crippen LogP contribution < -0.4 is 0 Å². The molecule has 0 N–H and O–H groups in total. The van der Waals surface area contributed by atoms with E-state index in [9.17, 15) is 8.42 Å². The van der Waals surface area contributed by atoms with Gasteiger partial charge in [-0.2, -0.15) is 9.40 Å². The van der Waals surface area contributed by atoms with Gasteiger partial charge in [0, 0.05) is 13.0 Å². The van der Waals surface area contributed by atoms with Crippen molar-refractivity contribution >= 4 is 10.0 Å². The lowest BCUT2D eigenvalue weighted by Crippen LogP contribution is -2.44. The fourth-order valence-electron chi connectivity index (χ4n) is 3.40. The Balaban J connectivity index is 1.43. The largest absolute Gasteiger partial charge is 0.376 e. The molecule has 1 aromatic heterocycles. The second-order valence-corrected chi connectivity index (χ2v) is 8.71. The van der Waals surface area contributed by atoms with E-state index in [4.69, 9.17) is 9.47 Å². The standard InChI is InChI=1S/C18H23N3O4S/c22-26(23,14-18-13-24-8-9-25-18)20-6-7-21-17(12-20)11-16(19-21)10-15-4-2-1-3-5-15/h1-5,11,18H,6-10,12-14H2/t18-/m0/s1. The minimum atomic E-state index is -3.39. The van der Waals surface area contributed by atoms with Crippen LogP contribution in [0.5, 0.6) is 0 Å². The van der Waals surface area contributed by atoms with Crippen molar-refractivity contribution in [1.82, 2.24) is 14.1 Å². The third kappa shape index (κ3) is 3.98. The molecular weight excluding hydrogens is 354 g/mol. The van der Waals surface area contributed by atoms with E-state index in [2.05, 4.69) is 17.2 Å². The summed E-state index contributed by atoms with van der Waals surface area (Å²) in [4.78, 5) is 0. The first-order valence-electron chi connectivity index (χ1n) is 8.87. The first kappa shape index (κ1) is 17.7. The van der Waals surface area contributed by atoms with Gasteiger partial charge in [0.1, 0.15) is 0 Å². The fraction of sp³-hybridized carbons (Fsp3) is 0.500. The number of rotatable bonds is 5. The molecule has 2 aliphatic rings. The van der Waals surface area contributed by atoms with Crippen molar-refractivity contribution in [2.45, 2.75) is 25.6 Å². The lowest BCUT2D eigenvalue weighted by Gasteiger charge is -2.29. The van der Waals surface area contributed by atoms with Crippen molar-refractivity contribution in [3.05, 3.63) is 53.3 Å². The molecule has 0 aliphatic carbocycles. The molecule has 1 aromatic carbocycles. The van der Waals surface area contributed by atoms with Crippen LogP contribution in [0.2, 0.25) is 0 Å². The van der Waals surface area contributed by atoms with Crippen LogP contribution in [-0.4, -0.2) is 60.7 Å². The summed E-state index contributed by atoms with van der Waals surface area (Å²) in [6, 6.07) is 12.2. The van der Waals surface area contributed by atoms with Gasteiger partial charge >= 0.3 is 0 Å². The molecule has 1 fully saturated rings. The highest BCUT2D eigenvalue weighted by atomic mass is 32.2. The first-order valence-corrected chi connectivity index (χ1v) is 10.5. The molecule has 2 aromatic rings. The second-order valence-electron chi connectivity index (χ2n) is 6.69. The van der Waals surface area contributed by atoms with Gasteiger partial charge in [-0.25, -0.2) is 8.42 Å². The molecule has 0 bridgehead atoms. The van der Waals surface area contributed by atoms with Crippen LogP contribution in [0.15, 0.2) is 36.4 Å². The molecule has 0 saturated carbocycles. The van der Waals surface area contributed by atoms with E-state index in [1.807, 2.05) is 28.9 Å². The van der Waals surface area contributed by atoms with Gasteiger partial charge in [0.25, 0.3) is 0 Å². The highest BCUT2D eigenvalue weighted by Crippen LogP contribution is 2.20. The van der Waals surface area contributed by atoms with Crippen molar-refractivity contribution in [2.75, 3.05) is 32.1 Å². The van der Waals surface area contributed by atoms with E-state index in [1.54, 1.807) is 0 Å². The Morgan fingerprint density at radius 3 is 2.77 bits per heavy atom. The van der Waals surface area contributed by atoms with Gasteiger partial charge in [-0.05, 0) is 11.6 Å². The van der Waals surface area contributed by atoms with Crippen LogP contribution in [0.1, 0.15) is 17.0 Å². The normalized spacial score (nSPS) is 21.5. The average molecular weight is 377 g/mol. The number of nitrogens with zero attached hydrogens (tertiary/aromatic N) is 3. The Kier molecular flexibility index (Phi) is 5.08. The predicted octanol–water partition coefficient (Wildman–Crippen LogP) is 1.03. The topological polar surface area (TPSA) is 73.7 Å². The molecule has 7 nitrogen and oxygen atoms in total. The number of ether oxygens (including phenoxy) is 2. The van der Waals surface area contributed by atoms with E-state index in [-0.39, 0.29) is 11.9 Å². The monoisotopic (exact) mass is 377 g/mol. The van der Waals surface area contributed by atoms with Crippen molar-refractivity contribution < 1.29 is 17.9 Å². The molecule has 1 saturated heterocycles. The summed E-state index contributed by atoms with van der Waals surface area (Å²) < 4.78 is 39.7. The summed E-state index contributed by atoms with van der Waals surface area (Å²) in [7, 11) is -3.39. The third-order valence-corrected chi connectivity index (χ3v) is 6.61. The summed E-state index contributed by atoms with van der Waals surface area (Å²) in [6.07, 6.45) is 0.370. The Hall–Kier alpha value is -1.74. The van der Waals surface area contributed by atoms with Crippen LogP contribution in [-0.2, 0) is 39.0 Å². The molecule has 8 heteroatoms. The molecule has 0 amide bonds. The minimum Gasteiger partial charge on any atom is -0.376 e. The fourth-order valence-corrected chi connectivity index (χ4v) is 4.97. The molecule has 4 rings (SSSR count). The number of hydrogen-bond acceptors (Lipinski definition) is 5. The zero-order valence-electron chi connectivity index (χ0n) is 14.6. The van der Waals surface area contributed by atoms with Gasteiger partial charge in [-0.1, -0.05) is 30.3 Å². The van der Waals surface area contributed by atoms with E-state index in [0.717, 1.165) is 17.8 Å². The molecule has 26 heavy (non-hydrogen) atoms. The maximum atomic E-state index is 12.7. The molecule has 3 heterocycles. The van der Waals surface area contributed by atoms with E-state index < -0.39 is 10.0 Å². The Morgan fingerprint density at radius 1 is 1.15 bits per heavy atom. The molecule has 2 aliphatic heterocycles. The van der Waals surface area contributed by atoms with E-state index in [1.165, 1.54) is 9.87 Å². The van der Waals surface area contributed by atoms with Crippen LogP contribution in [0.4, 0.5) is 0 Å². The maximum Gasteiger partial charge on any atom is 0.217 e. The number of aromatic nitrogens is 2. The van der Waals surface area contributed by atoms with E-state index in [0.29, 0.717) is 39.5 Å². The molecule has 0 spiro atoms. The van der Waals surface area contributed by atoms with Crippen molar-refractivity contribution in [1.29, 1.82) is 0 Å². The highest BCUT2D eigenvalue weighted by molar-refractivity contribution is 7.89. The number of sulfonamides is 1. The smallest absolute Gasteiger partial charge is 0.217 e. The van der Waals surface area contributed by atoms with Gasteiger partial charge < -0.3 is 9.47 Å². The number of hydrogen-bond donors (Lipinski definition) is 0. The Labute approximate surface area is 153 Å². The van der Waals surface area contributed by atoms with Gasteiger partial charge in [-0.15, -0.1) is 0 Å². The Morgan fingerprint density at radius 2 is 2.00 bits per heavy atom. The predicted molar refractivity (Wildman–Crippen MR) is 96.2 cm³/mol. The van der Waals surface area contributed by atoms with Crippen molar-refractivity contribution in [2.24, 2.45) is 0 Å². The number of fused-ring (bicyclic) bond motifs is 1. The number of benzene rings is 1. The van der Waals surface area contributed by atoms with Crippen LogP contribution in [0, 0.1) is 0 Å². The van der Waals surface area contributed by atoms with Gasteiger partial charge in [0.2, 0.25) is 10.0 Å². The van der Waals surface area contributed by atoms with Crippen molar-refractivity contribution in [3.8, 4) is 0 Å². The van der Waals surface area contributed by atoms with Crippen LogP contribution in [0.3, 0.4) is 0 Å². The molecule has 0 unspecified atom stereocenters. The quantitative estimate of drug-likeness (QED) is 0.778. The Bertz CT molecular complexity index is 845. The zero-order chi connectivity index (χ0) is 18.0. The maximum absolute atomic E-state index is 12.7. The minimum absolute atomic E-state index is 0.0298. The third-order valence-electron chi connectivity index (χ3n) is 4.72. The zero-order valence-corrected chi connectivity index (χ0v) is 15.4. The summed E-state index contributed by atoms with van der Waals surface area (Å²) >= 11 is 0. The average Bonchev–Trinajstić information content (AvgIpc) is 3.04. The first-order chi connectivity index (χ1) is 12.6. The highest BCUT2D eigenvalue weighted by Gasteiger charge is 2.31. The van der Waals surface area contributed by atoms with Crippen molar-refractivity contribution in [3.63, 3.8) is 0 Å². The summed E-state index contributed by atoms with van der Waals surface area (Å²) in [5, 5.41) is 4.63. The molecule has 1 atom stereocenters. The van der Waals surface area contributed by atoms with Crippen LogP contribution >= 0.6 is 0 Å². The SMILES string of the molecule is O=S(=O)(C[C@@H]1COCCO1)N1CCn2nc(Cc3ccccc3)cc2C1. The second kappa shape index (κ2) is 7.48. The molecular formula is C18H23N3O4S. The van der Waals surface area contributed by atoms with Gasteiger partial charge in [-0.3, -0.25) is 4.68 Å². The van der Waals surface area contributed by atoms with Gasteiger partial charge in [0.15, 0.2) is 0 Å². The lowest BCUT2D eigenvalue weighted by molar-refractivity contribution is -0.0785. The lowest BCUT2D eigenvalue weighted by atomic mass is 10.1. The summed E-state index contributed by atoms with van der Waals surface area (Å²) in [6.45, 7) is 2.70. The summed E-state index contributed by atoms with van der Waals surface area (Å²) in [5.41, 5.74) is 3.10. The summed E-state index contributed by atoms with van der Waals surface area (Å²) in [5.74, 6) is -0.0298. The molecule has 0 radical (unpaired) electrons. The van der Waals surface area contributed by atoms with E-state index >= 15 is 0 Å². The van der Waals surface area contributed by atoms with Gasteiger partial charge in [0.05, 0.1) is 56.2 Å².